The first kappa shape index (κ1) is 22.3. The molecular weight excluding hydrogens is 304 g/mol. The summed E-state index contributed by atoms with van der Waals surface area (Å²) in [6, 6.07) is 7.86. The molecule has 0 spiro atoms. The van der Waals surface area contributed by atoms with Gasteiger partial charge in [0.15, 0.2) is 0 Å². The molecule has 0 bridgehead atoms. The predicted octanol–water partition coefficient (Wildman–Crippen LogP) is 2.72. The second-order valence-electron chi connectivity index (χ2n) is 6.62. The van der Waals surface area contributed by atoms with Crippen molar-refractivity contribution in [3.63, 3.8) is 0 Å². The van der Waals surface area contributed by atoms with Gasteiger partial charge in [0.2, 0.25) is 6.41 Å². The van der Waals surface area contributed by atoms with Gasteiger partial charge < -0.3 is 15.4 Å². The van der Waals surface area contributed by atoms with Gasteiger partial charge in [-0.2, -0.15) is 0 Å². The summed E-state index contributed by atoms with van der Waals surface area (Å²) in [5.41, 5.74) is 1.85. The van der Waals surface area contributed by atoms with Gasteiger partial charge in [0, 0.05) is 24.8 Å². The average molecular weight is 336 g/mol. The van der Waals surface area contributed by atoms with Crippen LogP contribution >= 0.6 is 0 Å². The van der Waals surface area contributed by atoms with Crippen LogP contribution in [0.5, 0.6) is 0 Å². The first-order chi connectivity index (χ1) is 11.3. The molecule has 0 fully saturated rings. The molecule has 1 rings (SSSR count). The predicted molar refractivity (Wildman–Crippen MR) is 98.4 cm³/mol. The third kappa shape index (κ3) is 12.8. The Bertz CT molecular complexity index is 453. The number of amides is 1. The van der Waals surface area contributed by atoms with Crippen molar-refractivity contribution < 1.29 is 14.3 Å². The van der Waals surface area contributed by atoms with Crippen LogP contribution in [0.3, 0.4) is 0 Å². The number of carbonyl (C=O) groups excluding carboxylic acids is 2. The van der Waals surface area contributed by atoms with E-state index >= 15 is 0 Å². The molecule has 2 N–H and O–H groups in total. The number of nitrogens with one attached hydrogen (secondary N) is 2. The van der Waals surface area contributed by atoms with E-state index in [0.717, 1.165) is 37.7 Å². The molecule has 0 aliphatic carbocycles. The standard InChI is InChI=1S/C11H24N2O2.C8H8O/c1-11(2,3)15-8-6-10(12-4)5-7-13-9-14;1-7-2-4-8(6-9)5-3-7/h9-10,12H,5-8H2,1-4H3,(H,13,14);2-6H,1H3. The van der Waals surface area contributed by atoms with Crippen LogP contribution < -0.4 is 10.6 Å². The number of aldehydes is 1. The van der Waals surface area contributed by atoms with Crippen LogP contribution in [0.4, 0.5) is 0 Å². The Hall–Kier alpha value is -1.72. The summed E-state index contributed by atoms with van der Waals surface area (Å²) in [6.07, 6.45) is 3.48. The van der Waals surface area contributed by atoms with E-state index in [-0.39, 0.29) is 5.60 Å². The van der Waals surface area contributed by atoms with Gasteiger partial charge in [-0.15, -0.1) is 0 Å². The summed E-state index contributed by atoms with van der Waals surface area (Å²) in [4.78, 5) is 20.2. The Morgan fingerprint density at radius 3 is 2.21 bits per heavy atom. The van der Waals surface area contributed by atoms with Gasteiger partial charge in [-0.1, -0.05) is 29.8 Å². The lowest BCUT2D eigenvalue weighted by Gasteiger charge is -2.22. The Morgan fingerprint density at radius 1 is 1.12 bits per heavy atom. The molecule has 136 valence electrons. The molecule has 0 saturated heterocycles. The third-order valence-corrected chi connectivity index (χ3v) is 3.34. The fourth-order valence-corrected chi connectivity index (χ4v) is 1.90. The van der Waals surface area contributed by atoms with Crippen molar-refractivity contribution in [1.82, 2.24) is 10.6 Å². The Balaban J connectivity index is 0.000000496. The zero-order chi connectivity index (χ0) is 18.4. The van der Waals surface area contributed by atoms with Crippen molar-refractivity contribution in [2.75, 3.05) is 20.2 Å². The van der Waals surface area contributed by atoms with Gasteiger partial charge in [0.1, 0.15) is 6.29 Å². The van der Waals surface area contributed by atoms with Crippen molar-refractivity contribution in [3.8, 4) is 0 Å². The molecular formula is C19H32N2O3. The molecule has 1 aromatic carbocycles. The molecule has 0 heterocycles. The van der Waals surface area contributed by atoms with E-state index in [1.54, 1.807) is 0 Å². The number of benzene rings is 1. The molecule has 0 aliphatic rings. The molecule has 0 radical (unpaired) electrons. The molecule has 1 unspecified atom stereocenters. The molecule has 1 aromatic rings. The SMILES string of the molecule is CNC(CCNC=O)CCOC(C)(C)C.Cc1ccc(C=O)cc1. The first-order valence-electron chi connectivity index (χ1n) is 8.32. The van der Waals surface area contributed by atoms with Gasteiger partial charge in [0.05, 0.1) is 5.60 Å². The minimum atomic E-state index is -0.0701. The topological polar surface area (TPSA) is 67.4 Å². The second-order valence-corrected chi connectivity index (χ2v) is 6.62. The summed E-state index contributed by atoms with van der Waals surface area (Å²) < 4.78 is 5.64. The largest absolute Gasteiger partial charge is 0.376 e. The highest BCUT2D eigenvalue weighted by Gasteiger charge is 2.11. The van der Waals surface area contributed by atoms with Crippen molar-refractivity contribution >= 4 is 12.7 Å². The summed E-state index contributed by atoms with van der Waals surface area (Å²) in [5.74, 6) is 0. The fraction of sp³-hybridized carbons (Fsp3) is 0.579. The molecule has 5 nitrogen and oxygen atoms in total. The first-order valence-corrected chi connectivity index (χ1v) is 8.32. The number of rotatable bonds is 9. The lowest BCUT2D eigenvalue weighted by molar-refractivity contribution is -0.109. The van der Waals surface area contributed by atoms with Gasteiger partial charge >= 0.3 is 0 Å². The van der Waals surface area contributed by atoms with Crippen LogP contribution in [0.25, 0.3) is 0 Å². The maximum atomic E-state index is 10.1. The lowest BCUT2D eigenvalue weighted by Crippen LogP contribution is -2.32. The van der Waals surface area contributed by atoms with Crippen LogP contribution in [-0.2, 0) is 9.53 Å². The number of hydrogen-bond acceptors (Lipinski definition) is 4. The Morgan fingerprint density at radius 2 is 1.75 bits per heavy atom. The normalized spacial score (nSPS) is 11.9. The highest BCUT2D eigenvalue weighted by molar-refractivity contribution is 5.74. The van der Waals surface area contributed by atoms with Crippen LogP contribution in [0.15, 0.2) is 24.3 Å². The minimum Gasteiger partial charge on any atom is -0.376 e. The van der Waals surface area contributed by atoms with Crippen molar-refractivity contribution in [2.24, 2.45) is 0 Å². The second kappa shape index (κ2) is 12.7. The van der Waals surface area contributed by atoms with E-state index in [1.807, 2.05) is 38.2 Å². The Labute approximate surface area is 146 Å². The van der Waals surface area contributed by atoms with E-state index < -0.39 is 0 Å². The number of hydrogen-bond donors (Lipinski definition) is 2. The molecule has 24 heavy (non-hydrogen) atoms. The zero-order valence-electron chi connectivity index (χ0n) is 15.6. The maximum absolute atomic E-state index is 10.1. The van der Waals surface area contributed by atoms with Gasteiger partial charge in [-0.3, -0.25) is 9.59 Å². The molecule has 0 saturated carbocycles. The van der Waals surface area contributed by atoms with Gasteiger partial charge in [-0.05, 0) is 47.6 Å². The zero-order valence-corrected chi connectivity index (χ0v) is 15.6. The fourth-order valence-electron chi connectivity index (χ4n) is 1.90. The van der Waals surface area contributed by atoms with Crippen LogP contribution in [0.2, 0.25) is 0 Å². The molecule has 1 atom stereocenters. The van der Waals surface area contributed by atoms with E-state index in [9.17, 15) is 9.59 Å². The molecule has 1 amide bonds. The van der Waals surface area contributed by atoms with Gasteiger partial charge in [-0.25, -0.2) is 0 Å². The average Bonchev–Trinajstić information content (AvgIpc) is 2.54. The maximum Gasteiger partial charge on any atom is 0.207 e. The minimum absolute atomic E-state index is 0.0701. The van der Waals surface area contributed by atoms with E-state index in [1.165, 1.54) is 5.56 Å². The van der Waals surface area contributed by atoms with Crippen molar-refractivity contribution in [3.05, 3.63) is 35.4 Å². The lowest BCUT2D eigenvalue weighted by atomic mass is 10.1. The molecule has 5 heteroatoms. The number of carbonyl (C=O) groups is 2. The summed E-state index contributed by atoms with van der Waals surface area (Å²) in [6.45, 7) is 9.61. The number of ether oxygens (including phenoxy) is 1. The third-order valence-electron chi connectivity index (χ3n) is 3.34. The smallest absolute Gasteiger partial charge is 0.207 e. The summed E-state index contributed by atoms with van der Waals surface area (Å²) in [5, 5.41) is 5.87. The van der Waals surface area contributed by atoms with E-state index in [2.05, 4.69) is 31.4 Å². The van der Waals surface area contributed by atoms with Crippen molar-refractivity contribution in [2.45, 2.75) is 52.2 Å². The van der Waals surface area contributed by atoms with Crippen molar-refractivity contribution in [1.29, 1.82) is 0 Å². The Kier molecular flexibility index (Phi) is 11.8. The quantitative estimate of drug-likeness (QED) is 0.537. The van der Waals surface area contributed by atoms with E-state index in [4.69, 9.17) is 4.74 Å². The van der Waals surface area contributed by atoms with Crippen LogP contribution in [-0.4, -0.2) is 44.5 Å². The molecule has 0 aromatic heterocycles. The number of aryl methyl sites for hydroxylation is 1. The highest BCUT2D eigenvalue weighted by atomic mass is 16.5. The van der Waals surface area contributed by atoms with Crippen LogP contribution in [0, 0.1) is 6.92 Å². The highest BCUT2D eigenvalue weighted by Crippen LogP contribution is 2.08. The monoisotopic (exact) mass is 336 g/mol. The van der Waals surface area contributed by atoms with Gasteiger partial charge in [0.25, 0.3) is 0 Å². The molecule has 0 aliphatic heterocycles. The summed E-state index contributed by atoms with van der Waals surface area (Å²) in [7, 11) is 1.93. The van der Waals surface area contributed by atoms with Crippen LogP contribution in [0.1, 0.15) is 49.5 Å². The summed E-state index contributed by atoms with van der Waals surface area (Å²) >= 11 is 0. The van der Waals surface area contributed by atoms with E-state index in [0.29, 0.717) is 12.6 Å².